The maximum atomic E-state index is 13.6. The summed E-state index contributed by atoms with van der Waals surface area (Å²) in [7, 11) is 0. The van der Waals surface area contributed by atoms with Crippen LogP contribution in [0.2, 0.25) is 10.0 Å². The van der Waals surface area contributed by atoms with Gasteiger partial charge in [-0.3, -0.25) is 20.4 Å². The number of anilines is 1. The highest BCUT2D eigenvalue weighted by atomic mass is 35.5. The average Bonchev–Trinajstić information content (AvgIpc) is 2.88. The van der Waals surface area contributed by atoms with Crippen molar-refractivity contribution in [2.45, 2.75) is 64.3 Å². The van der Waals surface area contributed by atoms with Gasteiger partial charge in [0, 0.05) is 31.1 Å². The molecule has 0 saturated carbocycles. The van der Waals surface area contributed by atoms with Gasteiger partial charge in [0.25, 0.3) is 0 Å². The number of nitrogens with one attached hydrogen (secondary N) is 3. The Morgan fingerprint density at radius 1 is 1.22 bits per heavy atom. The minimum atomic E-state index is -1.43. The van der Waals surface area contributed by atoms with Crippen LogP contribution in [0.25, 0.3) is 0 Å². The second-order valence-electron chi connectivity index (χ2n) is 8.38. The molecule has 2 rings (SSSR count). The topological polar surface area (TPSA) is 141 Å². The van der Waals surface area contributed by atoms with Crippen LogP contribution in [0.15, 0.2) is 42.5 Å². The maximum Gasteiger partial charge on any atom is 0.238 e. The molecule has 202 valence electrons. The summed E-state index contributed by atoms with van der Waals surface area (Å²) in [5.41, 5.74) is 7.75. The van der Waals surface area contributed by atoms with Gasteiger partial charge in [0.2, 0.25) is 12.3 Å². The number of alkyl halides is 1. The zero-order chi connectivity index (χ0) is 27.4. The molecule has 0 aliphatic heterocycles. The monoisotopic (exact) mass is 553 g/mol. The van der Waals surface area contributed by atoms with Gasteiger partial charge in [-0.15, -0.1) is 0 Å². The van der Waals surface area contributed by atoms with Gasteiger partial charge in [-0.2, -0.15) is 5.26 Å². The largest absolute Gasteiger partial charge is 0.460 e. The number of ether oxygens (including phenoxy) is 1. The van der Waals surface area contributed by atoms with Gasteiger partial charge in [-0.05, 0) is 36.2 Å². The Morgan fingerprint density at radius 2 is 1.97 bits per heavy atom. The second-order valence-corrected chi connectivity index (χ2v) is 9.19. The van der Waals surface area contributed by atoms with E-state index in [0.717, 1.165) is 11.4 Å². The lowest BCUT2D eigenvalue weighted by molar-refractivity contribution is -0.134. The molecule has 12 heteroatoms. The van der Waals surface area contributed by atoms with Gasteiger partial charge >= 0.3 is 0 Å². The van der Waals surface area contributed by atoms with Crippen LogP contribution in [0, 0.1) is 11.5 Å². The lowest BCUT2D eigenvalue weighted by atomic mass is 9.99. The van der Waals surface area contributed by atoms with Crippen molar-refractivity contribution in [2.24, 2.45) is 11.6 Å². The van der Waals surface area contributed by atoms with Gasteiger partial charge in [0.1, 0.15) is 5.75 Å². The number of halogens is 3. The molecule has 0 saturated heterocycles. The van der Waals surface area contributed by atoms with Crippen molar-refractivity contribution in [3.8, 4) is 11.9 Å². The van der Waals surface area contributed by atoms with E-state index in [0.29, 0.717) is 33.5 Å². The van der Waals surface area contributed by atoms with Crippen molar-refractivity contribution in [3.05, 3.63) is 58.1 Å². The van der Waals surface area contributed by atoms with Gasteiger partial charge in [-0.1, -0.05) is 55.6 Å². The first-order chi connectivity index (χ1) is 17.7. The summed E-state index contributed by atoms with van der Waals surface area (Å²) < 4.78 is 18.9. The highest BCUT2D eigenvalue weighted by Crippen LogP contribution is 2.27. The summed E-state index contributed by atoms with van der Waals surface area (Å²) in [6.07, 6.45) is 1.70. The number of benzene rings is 2. The molecule has 7 N–H and O–H groups in total. The first-order valence-corrected chi connectivity index (χ1v) is 12.8. The van der Waals surface area contributed by atoms with E-state index in [4.69, 9.17) is 39.5 Å². The average molecular weight is 554 g/mol. The van der Waals surface area contributed by atoms with E-state index >= 15 is 0 Å². The van der Waals surface area contributed by atoms with Crippen molar-refractivity contribution >= 4 is 34.8 Å². The molecule has 9 nitrogen and oxygen atoms in total. The third-order valence-corrected chi connectivity index (χ3v) is 6.34. The number of hydrogen-bond acceptors (Lipinski definition) is 8. The number of carbonyl (C=O) groups excluding carboxylic acids is 1. The Labute approximate surface area is 227 Å². The van der Waals surface area contributed by atoms with Gasteiger partial charge < -0.3 is 15.8 Å². The summed E-state index contributed by atoms with van der Waals surface area (Å²) in [4.78, 5) is 12.8. The van der Waals surface area contributed by atoms with E-state index in [-0.39, 0.29) is 25.3 Å². The summed E-state index contributed by atoms with van der Waals surface area (Å²) >= 11 is 12.2. The lowest BCUT2D eigenvalue weighted by Crippen LogP contribution is -2.58. The number of hydrogen-bond donors (Lipinski definition) is 5. The predicted molar refractivity (Wildman–Crippen MR) is 144 cm³/mol. The number of rotatable bonds is 15. The third kappa shape index (κ3) is 9.54. The zero-order valence-corrected chi connectivity index (χ0v) is 22.4. The summed E-state index contributed by atoms with van der Waals surface area (Å²) in [6, 6.07) is 10.2. The van der Waals surface area contributed by atoms with Crippen molar-refractivity contribution in [2.75, 3.05) is 11.9 Å². The highest BCUT2D eigenvalue weighted by molar-refractivity contribution is 6.42. The van der Waals surface area contributed by atoms with E-state index in [2.05, 4.69) is 16.0 Å². The summed E-state index contributed by atoms with van der Waals surface area (Å²) in [6.45, 7) is 3.77. The number of amides is 1. The van der Waals surface area contributed by atoms with Crippen molar-refractivity contribution in [3.63, 3.8) is 0 Å². The fourth-order valence-corrected chi connectivity index (χ4v) is 3.79. The highest BCUT2D eigenvalue weighted by Gasteiger charge is 2.29. The predicted octanol–water partition coefficient (Wildman–Crippen LogP) is 4.39. The third-order valence-electron chi connectivity index (χ3n) is 5.60. The minimum Gasteiger partial charge on any atom is -0.460 e. The van der Waals surface area contributed by atoms with E-state index in [9.17, 15) is 14.4 Å². The van der Waals surface area contributed by atoms with Gasteiger partial charge in [0.15, 0.2) is 12.5 Å². The van der Waals surface area contributed by atoms with E-state index in [1.54, 1.807) is 49.4 Å². The minimum absolute atomic E-state index is 0.112. The molecule has 4 atom stereocenters. The van der Waals surface area contributed by atoms with Crippen molar-refractivity contribution in [1.29, 1.82) is 5.26 Å². The van der Waals surface area contributed by atoms with Crippen molar-refractivity contribution < 1.29 is 13.9 Å². The molecule has 1 amide bonds. The van der Waals surface area contributed by atoms with Gasteiger partial charge in [-0.25, -0.2) is 10.2 Å². The summed E-state index contributed by atoms with van der Waals surface area (Å²) in [5.74, 6) is 6.32. The quantitative estimate of drug-likeness (QED) is 0.0545. The van der Waals surface area contributed by atoms with E-state index in [1.807, 2.05) is 13.1 Å². The van der Waals surface area contributed by atoms with Gasteiger partial charge in [0.05, 0.1) is 22.1 Å². The molecular weight excluding hydrogens is 520 g/mol. The van der Waals surface area contributed by atoms with Crippen LogP contribution in [-0.4, -0.2) is 36.2 Å². The molecule has 4 unspecified atom stereocenters. The van der Waals surface area contributed by atoms with Crippen LogP contribution in [0.3, 0.4) is 0 Å². The molecule has 0 aromatic heterocycles. The maximum absolute atomic E-state index is 13.6. The molecule has 0 radical (unpaired) electrons. The molecule has 0 fully saturated rings. The molecular formula is C25H34Cl2FN7O2. The molecule has 0 bridgehead atoms. The summed E-state index contributed by atoms with van der Waals surface area (Å²) in [5, 5.41) is 19.9. The van der Waals surface area contributed by atoms with Crippen LogP contribution in [0.1, 0.15) is 51.1 Å². The Balaban J connectivity index is 2.21. The van der Waals surface area contributed by atoms with Crippen LogP contribution in [0.5, 0.6) is 5.75 Å². The first-order valence-electron chi connectivity index (χ1n) is 12.0. The number of carbonyl (C=O) groups is 1. The number of nitrogens with two attached hydrogens (primary N) is 2. The molecule has 2 aromatic rings. The number of unbranched alkanes of at least 4 members (excludes halogenated alkanes) is 1. The van der Waals surface area contributed by atoms with Crippen molar-refractivity contribution in [1.82, 2.24) is 15.6 Å². The number of nitrogens with zero attached hydrogens (tertiary/aromatic N) is 2. The molecule has 0 aliphatic carbocycles. The molecule has 37 heavy (non-hydrogen) atoms. The lowest BCUT2D eigenvalue weighted by Gasteiger charge is -2.34. The zero-order valence-electron chi connectivity index (χ0n) is 20.9. The molecule has 2 aromatic carbocycles. The SMILES string of the molecule is CCCCC(=O)N(N)C(CNC(NC#N)Nc1cccc(OC(F)CC)c1)C(N)c1ccc(Cl)c(Cl)c1. The number of nitriles is 1. The normalized spacial score (nSPS) is 14.1. The smallest absolute Gasteiger partial charge is 0.238 e. The van der Waals surface area contributed by atoms with Crippen LogP contribution in [0.4, 0.5) is 10.1 Å². The molecule has 0 heterocycles. The van der Waals surface area contributed by atoms with Crippen LogP contribution in [-0.2, 0) is 4.79 Å². The standard InChI is InChI=1S/C25H34Cl2FN7O2/c1-3-5-9-23(36)35(31)21(24(30)16-10-11-19(26)20(27)12-16)14-32-25(33-15-29)34-17-7-6-8-18(13-17)37-22(28)4-2/h6-8,10-13,21-22,24-25,32-34H,3-5,9,14,30-31H2,1-2H3. The number of hydrazine groups is 1. The Morgan fingerprint density at radius 3 is 2.62 bits per heavy atom. The molecule has 0 spiro atoms. The van der Waals surface area contributed by atoms with E-state index in [1.165, 1.54) is 0 Å². The Bertz CT molecular complexity index is 1060. The molecule has 0 aliphatic rings. The fourth-order valence-electron chi connectivity index (χ4n) is 3.48. The second kappa shape index (κ2) is 15.4. The van der Waals surface area contributed by atoms with Crippen LogP contribution >= 0.6 is 23.2 Å². The Hall–Kier alpha value is -2.81. The van der Waals surface area contributed by atoms with E-state index < -0.39 is 24.7 Å². The fraction of sp³-hybridized carbons (Fsp3) is 0.440. The first kappa shape index (κ1) is 30.4. The van der Waals surface area contributed by atoms with Crippen LogP contribution < -0.4 is 32.3 Å². The Kier molecular flexibility index (Phi) is 12.7.